The number of piperidine rings is 1. The monoisotopic (exact) mass is 429 g/mol. The summed E-state index contributed by atoms with van der Waals surface area (Å²) >= 11 is 0. The number of hydrogen-bond acceptors (Lipinski definition) is 6. The SMILES string of the molecule is NC1=NS(=O)(=O)Nc2cccc(OC[C@H]3CCCCN3C(=O)Cc3ccncc3)c21. The number of nitrogens with zero attached hydrogens (tertiary/aromatic N) is 3. The summed E-state index contributed by atoms with van der Waals surface area (Å²) < 4.78 is 35.4. The fourth-order valence-corrected chi connectivity index (χ4v) is 4.65. The molecule has 0 saturated carbocycles. The molecule has 1 saturated heterocycles. The van der Waals surface area contributed by atoms with Gasteiger partial charge in [0.25, 0.3) is 0 Å². The van der Waals surface area contributed by atoms with E-state index in [9.17, 15) is 13.2 Å². The van der Waals surface area contributed by atoms with Crippen LogP contribution in [0.3, 0.4) is 0 Å². The summed E-state index contributed by atoms with van der Waals surface area (Å²) in [7, 11) is -3.85. The van der Waals surface area contributed by atoms with Crippen LogP contribution in [0.1, 0.15) is 30.4 Å². The van der Waals surface area contributed by atoms with Crippen LogP contribution in [-0.2, 0) is 21.4 Å². The molecule has 1 fully saturated rings. The quantitative estimate of drug-likeness (QED) is 0.741. The van der Waals surface area contributed by atoms with Gasteiger partial charge in [-0.25, -0.2) is 0 Å². The Kier molecular flexibility index (Phi) is 5.58. The first-order valence-electron chi connectivity index (χ1n) is 9.76. The van der Waals surface area contributed by atoms with E-state index in [1.807, 2.05) is 17.0 Å². The molecule has 3 heterocycles. The summed E-state index contributed by atoms with van der Waals surface area (Å²) in [6, 6.07) is 8.61. The highest BCUT2D eigenvalue weighted by atomic mass is 32.2. The maximum Gasteiger partial charge on any atom is 0.344 e. The molecule has 1 aromatic heterocycles. The van der Waals surface area contributed by atoms with E-state index in [0.29, 0.717) is 36.6 Å². The molecule has 10 heteroatoms. The second-order valence-electron chi connectivity index (χ2n) is 7.31. The lowest BCUT2D eigenvalue weighted by Gasteiger charge is -2.36. The van der Waals surface area contributed by atoms with E-state index in [-0.39, 0.29) is 17.8 Å². The van der Waals surface area contributed by atoms with Gasteiger partial charge < -0.3 is 15.4 Å². The predicted molar refractivity (Wildman–Crippen MR) is 112 cm³/mol. The van der Waals surface area contributed by atoms with Crippen LogP contribution in [0, 0.1) is 0 Å². The standard InChI is InChI=1S/C20H23N5O4S/c21-20-19-16(23-30(27,28)24-20)5-3-6-17(19)29-13-15-4-1-2-11-25(15)18(26)12-14-7-9-22-10-8-14/h3,5-10,15,23H,1-2,4,11-13H2,(H2,21,24)/t15-/m1/s1. The summed E-state index contributed by atoms with van der Waals surface area (Å²) in [5.41, 5.74) is 7.54. The minimum atomic E-state index is -3.85. The van der Waals surface area contributed by atoms with Gasteiger partial charge in [-0.1, -0.05) is 6.07 Å². The fraction of sp³-hybridized carbons (Fsp3) is 0.350. The third-order valence-corrected chi connectivity index (χ3v) is 6.14. The summed E-state index contributed by atoms with van der Waals surface area (Å²) in [5, 5.41) is 0. The van der Waals surface area contributed by atoms with E-state index < -0.39 is 10.2 Å². The number of rotatable bonds is 5. The van der Waals surface area contributed by atoms with Crippen molar-refractivity contribution in [1.29, 1.82) is 0 Å². The zero-order chi connectivity index (χ0) is 21.1. The molecule has 2 aromatic rings. The summed E-state index contributed by atoms with van der Waals surface area (Å²) in [4.78, 5) is 18.7. The topological polar surface area (TPSA) is 127 Å². The van der Waals surface area contributed by atoms with E-state index in [1.54, 1.807) is 30.6 Å². The van der Waals surface area contributed by atoms with Gasteiger partial charge in [0.1, 0.15) is 12.4 Å². The van der Waals surface area contributed by atoms with Crippen molar-refractivity contribution in [2.75, 3.05) is 17.9 Å². The van der Waals surface area contributed by atoms with Crippen molar-refractivity contribution in [1.82, 2.24) is 9.88 Å². The number of anilines is 1. The third kappa shape index (κ3) is 4.38. The minimum absolute atomic E-state index is 0.0541. The third-order valence-electron chi connectivity index (χ3n) is 5.22. The van der Waals surface area contributed by atoms with Crippen molar-refractivity contribution in [2.24, 2.45) is 10.1 Å². The zero-order valence-corrected chi connectivity index (χ0v) is 17.1. The van der Waals surface area contributed by atoms with Crippen LogP contribution < -0.4 is 15.2 Å². The summed E-state index contributed by atoms with van der Waals surface area (Å²) in [6.45, 7) is 0.979. The van der Waals surface area contributed by atoms with Crippen molar-refractivity contribution in [3.63, 3.8) is 0 Å². The molecular formula is C20H23N5O4S. The first kappa shape index (κ1) is 20.1. The van der Waals surface area contributed by atoms with E-state index in [1.165, 1.54) is 0 Å². The van der Waals surface area contributed by atoms with Crippen molar-refractivity contribution >= 4 is 27.6 Å². The molecule has 2 aliphatic heterocycles. The Bertz CT molecular complexity index is 1070. The number of amidine groups is 1. The van der Waals surface area contributed by atoms with Gasteiger partial charge in [0.2, 0.25) is 5.91 Å². The van der Waals surface area contributed by atoms with Gasteiger partial charge in [-0.3, -0.25) is 14.5 Å². The molecule has 3 N–H and O–H groups in total. The van der Waals surface area contributed by atoms with Crippen molar-refractivity contribution in [2.45, 2.75) is 31.7 Å². The summed E-state index contributed by atoms with van der Waals surface area (Å²) in [5.74, 6) is 0.371. The molecule has 158 valence electrons. The number of ether oxygens (including phenoxy) is 1. The number of carbonyl (C=O) groups is 1. The molecule has 0 radical (unpaired) electrons. The molecule has 0 spiro atoms. The van der Waals surface area contributed by atoms with Crippen LogP contribution in [-0.4, -0.2) is 49.2 Å². The van der Waals surface area contributed by atoms with Gasteiger partial charge in [0.15, 0.2) is 5.84 Å². The van der Waals surface area contributed by atoms with Gasteiger partial charge in [0.05, 0.1) is 23.7 Å². The second kappa shape index (κ2) is 8.31. The Morgan fingerprint density at radius 2 is 2.03 bits per heavy atom. The molecule has 0 unspecified atom stereocenters. The number of benzene rings is 1. The zero-order valence-electron chi connectivity index (χ0n) is 16.3. The highest BCUT2D eigenvalue weighted by Gasteiger charge is 2.29. The fourth-order valence-electron chi connectivity index (χ4n) is 3.80. The van der Waals surface area contributed by atoms with Crippen molar-refractivity contribution in [3.8, 4) is 5.75 Å². The van der Waals surface area contributed by atoms with Crippen LogP contribution >= 0.6 is 0 Å². The smallest absolute Gasteiger partial charge is 0.344 e. The average Bonchev–Trinajstić information content (AvgIpc) is 2.72. The molecule has 2 aliphatic rings. The number of pyridine rings is 1. The minimum Gasteiger partial charge on any atom is -0.491 e. The molecule has 30 heavy (non-hydrogen) atoms. The Hall–Kier alpha value is -3.14. The van der Waals surface area contributed by atoms with Gasteiger partial charge in [-0.15, -0.1) is 4.40 Å². The number of aromatic nitrogens is 1. The maximum absolute atomic E-state index is 12.9. The van der Waals surface area contributed by atoms with Gasteiger partial charge >= 0.3 is 10.2 Å². The molecule has 0 bridgehead atoms. The molecule has 4 rings (SSSR count). The first-order valence-corrected chi connectivity index (χ1v) is 11.2. The lowest BCUT2D eigenvalue weighted by Crippen LogP contribution is -2.47. The number of fused-ring (bicyclic) bond motifs is 1. The molecule has 1 aromatic carbocycles. The molecule has 0 aliphatic carbocycles. The number of nitrogens with two attached hydrogens (primary N) is 1. The van der Waals surface area contributed by atoms with Crippen LogP contribution in [0.25, 0.3) is 0 Å². The lowest BCUT2D eigenvalue weighted by molar-refractivity contribution is -0.134. The molecule has 9 nitrogen and oxygen atoms in total. The van der Waals surface area contributed by atoms with E-state index >= 15 is 0 Å². The Morgan fingerprint density at radius 3 is 2.83 bits per heavy atom. The van der Waals surface area contributed by atoms with Crippen LogP contribution in [0.2, 0.25) is 0 Å². The molecule has 1 amide bonds. The van der Waals surface area contributed by atoms with E-state index in [2.05, 4.69) is 14.1 Å². The van der Waals surface area contributed by atoms with Crippen molar-refractivity contribution in [3.05, 3.63) is 53.9 Å². The number of carbonyl (C=O) groups excluding carboxylic acids is 1. The van der Waals surface area contributed by atoms with Gasteiger partial charge in [-0.05, 0) is 49.1 Å². The van der Waals surface area contributed by atoms with Gasteiger partial charge in [0, 0.05) is 18.9 Å². The van der Waals surface area contributed by atoms with Crippen molar-refractivity contribution < 1.29 is 17.9 Å². The summed E-state index contributed by atoms with van der Waals surface area (Å²) in [6.07, 6.45) is 6.49. The first-order chi connectivity index (χ1) is 14.4. The van der Waals surface area contributed by atoms with Crippen LogP contribution in [0.15, 0.2) is 47.1 Å². The Balaban J connectivity index is 1.48. The number of likely N-dealkylation sites (tertiary alicyclic amines) is 1. The van der Waals surface area contributed by atoms with Gasteiger partial charge in [-0.2, -0.15) is 8.42 Å². The van der Waals surface area contributed by atoms with Crippen LogP contribution in [0.4, 0.5) is 5.69 Å². The largest absolute Gasteiger partial charge is 0.491 e. The normalized spacial score (nSPS) is 19.9. The van der Waals surface area contributed by atoms with E-state index in [4.69, 9.17) is 10.5 Å². The lowest BCUT2D eigenvalue weighted by atomic mass is 10.0. The second-order valence-corrected chi connectivity index (χ2v) is 8.65. The predicted octanol–water partition coefficient (Wildman–Crippen LogP) is 1.46. The maximum atomic E-state index is 12.9. The number of nitrogens with one attached hydrogen (secondary N) is 1. The number of hydrogen-bond donors (Lipinski definition) is 2. The molecular weight excluding hydrogens is 406 g/mol. The highest BCUT2D eigenvalue weighted by molar-refractivity contribution is 7.91. The molecule has 1 atom stereocenters. The van der Waals surface area contributed by atoms with Crippen LogP contribution in [0.5, 0.6) is 5.75 Å². The average molecular weight is 430 g/mol. The highest BCUT2D eigenvalue weighted by Crippen LogP contribution is 2.31. The number of amides is 1. The van der Waals surface area contributed by atoms with E-state index in [0.717, 1.165) is 24.8 Å². The Morgan fingerprint density at radius 1 is 1.23 bits per heavy atom. The Labute approximate surface area is 175 Å².